The third-order valence-corrected chi connectivity index (χ3v) is 4.87. The van der Waals surface area contributed by atoms with Gasteiger partial charge in [-0.05, 0) is 36.5 Å². The fraction of sp³-hybridized carbons (Fsp3) is 0.647. The smallest absolute Gasteiger partial charge is 0.231 e. The van der Waals surface area contributed by atoms with Crippen molar-refractivity contribution in [3.8, 4) is 11.5 Å². The third kappa shape index (κ3) is 3.94. The van der Waals surface area contributed by atoms with E-state index < -0.39 is 0 Å². The SMILES string of the molecule is CC(C)COC1CCN(Cc2cc3c(cc2Br)OCO3)CC1. The van der Waals surface area contributed by atoms with E-state index in [0.29, 0.717) is 18.8 Å². The van der Waals surface area contributed by atoms with E-state index in [-0.39, 0.29) is 0 Å². The topological polar surface area (TPSA) is 30.9 Å². The van der Waals surface area contributed by atoms with Gasteiger partial charge in [-0.2, -0.15) is 0 Å². The van der Waals surface area contributed by atoms with Crippen LogP contribution in [0.1, 0.15) is 32.3 Å². The average Bonchev–Trinajstić information content (AvgIpc) is 2.94. The maximum Gasteiger partial charge on any atom is 0.231 e. The summed E-state index contributed by atoms with van der Waals surface area (Å²) in [6.45, 7) is 8.71. The van der Waals surface area contributed by atoms with E-state index in [4.69, 9.17) is 14.2 Å². The summed E-state index contributed by atoms with van der Waals surface area (Å²) in [4.78, 5) is 2.48. The minimum absolute atomic E-state index is 0.323. The van der Waals surface area contributed by atoms with Crippen LogP contribution in [0.4, 0.5) is 0 Å². The molecule has 2 heterocycles. The monoisotopic (exact) mass is 369 g/mol. The van der Waals surface area contributed by atoms with Crippen LogP contribution in [0, 0.1) is 5.92 Å². The van der Waals surface area contributed by atoms with Crippen LogP contribution in [0.5, 0.6) is 11.5 Å². The fourth-order valence-electron chi connectivity index (χ4n) is 2.88. The lowest BCUT2D eigenvalue weighted by molar-refractivity contribution is -0.00588. The highest BCUT2D eigenvalue weighted by molar-refractivity contribution is 9.10. The molecule has 1 aromatic rings. The summed E-state index contributed by atoms with van der Waals surface area (Å²) in [5.74, 6) is 2.30. The highest BCUT2D eigenvalue weighted by Crippen LogP contribution is 2.37. The lowest BCUT2D eigenvalue weighted by atomic mass is 10.1. The molecule has 1 fully saturated rings. The molecule has 0 spiro atoms. The van der Waals surface area contributed by atoms with Gasteiger partial charge in [0.25, 0.3) is 0 Å². The molecule has 0 atom stereocenters. The molecule has 5 heteroatoms. The molecule has 22 heavy (non-hydrogen) atoms. The van der Waals surface area contributed by atoms with Gasteiger partial charge >= 0.3 is 0 Å². The Labute approximate surface area is 140 Å². The van der Waals surface area contributed by atoms with Crippen molar-refractivity contribution in [3.63, 3.8) is 0 Å². The summed E-state index contributed by atoms with van der Waals surface area (Å²) in [6.07, 6.45) is 2.67. The van der Waals surface area contributed by atoms with Gasteiger partial charge in [0, 0.05) is 30.7 Å². The molecule has 1 aromatic carbocycles. The Morgan fingerprint density at radius 3 is 2.59 bits per heavy atom. The first-order valence-electron chi connectivity index (χ1n) is 8.04. The maximum absolute atomic E-state index is 5.95. The first-order chi connectivity index (χ1) is 10.6. The second kappa shape index (κ2) is 7.20. The Kier molecular flexibility index (Phi) is 5.26. The summed E-state index contributed by atoms with van der Waals surface area (Å²) >= 11 is 3.64. The third-order valence-electron chi connectivity index (χ3n) is 4.14. The van der Waals surface area contributed by atoms with Gasteiger partial charge in [0.1, 0.15) is 0 Å². The van der Waals surface area contributed by atoms with Crippen molar-refractivity contribution in [2.75, 3.05) is 26.5 Å². The molecule has 4 nitrogen and oxygen atoms in total. The number of benzene rings is 1. The summed E-state index contributed by atoms with van der Waals surface area (Å²) < 4.78 is 17.9. The largest absolute Gasteiger partial charge is 0.454 e. The number of rotatable bonds is 5. The number of piperidine rings is 1. The van der Waals surface area contributed by atoms with Crippen molar-refractivity contribution >= 4 is 15.9 Å². The Hall–Kier alpha value is -0.780. The zero-order chi connectivity index (χ0) is 15.5. The minimum Gasteiger partial charge on any atom is -0.454 e. The van der Waals surface area contributed by atoms with E-state index in [1.165, 1.54) is 5.56 Å². The molecule has 0 N–H and O–H groups in total. The summed E-state index contributed by atoms with van der Waals surface area (Å²) in [5, 5.41) is 0. The lowest BCUT2D eigenvalue weighted by Gasteiger charge is -2.32. The predicted octanol–water partition coefficient (Wildman–Crippen LogP) is 3.81. The van der Waals surface area contributed by atoms with Crippen LogP contribution in [0.3, 0.4) is 0 Å². The maximum atomic E-state index is 5.95. The summed E-state index contributed by atoms with van der Waals surface area (Å²) in [7, 11) is 0. The van der Waals surface area contributed by atoms with Gasteiger partial charge in [0.15, 0.2) is 11.5 Å². The van der Waals surface area contributed by atoms with Crippen molar-refractivity contribution in [2.24, 2.45) is 5.92 Å². The number of likely N-dealkylation sites (tertiary alicyclic amines) is 1. The molecule has 0 aromatic heterocycles. The van der Waals surface area contributed by atoms with Crippen molar-refractivity contribution in [2.45, 2.75) is 39.3 Å². The van der Waals surface area contributed by atoms with Crippen LogP contribution in [0.25, 0.3) is 0 Å². The molecule has 0 bridgehead atoms. The zero-order valence-corrected chi connectivity index (χ0v) is 14.9. The van der Waals surface area contributed by atoms with Gasteiger partial charge in [0.05, 0.1) is 6.10 Å². The molecule has 0 amide bonds. The number of ether oxygens (including phenoxy) is 3. The van der Waals surface area contributed by atoms with Crippen molar-refractivity contribution in [3.05, 3.63) is 22.2 Å². The van der Waals surface area contributed by atoms with E-state index in [1.54, 1.807) is 0 Å². The van der Waals surface area contributed by atoms with E-state index in [2.05, 4.69) is 40.7 Å². The summed E-state index contributed by atoms with van der Waals surface area (Å²) in [6, 6.07) is 4.10. The van der Waals surface area contributed by atoms with E-state index in [9.17, 15) is 0 Å². The lowest BCUT2D eigenvalue weighted by Crippen LogP contribution is -2.37. The van der Waals surface area contributed by atoms with Gasteiger partial charge < -0.3 is 14.2 Å². The van der Waals surface area contributed by atoms with Crippen molar-refractivity contribution in [1.82, 2.24) is 4.90 Å². The molecular formula is C17H24BrNO3. The van der Waals surface area contributed by atoms with Crippen LogP contribution in [-0.4, -0.2) is 37.5 Å². The van der Waals surface area contributed by atoms with Gasteiger partial charge in [-0.3, -0.25) is 4.90 Å². The second-order valence-electron chi connectivity index (χ2n) is 6.50. The molecule has 0 saturated carbocycles. The molecule has 0 unspecified atom stereocenters. The summed E-state index contributed by atoms with van der Waals surface area (Å²) in [5.41, 5.74) is 1.26. The Bertz CT molecular complexity index is 513. The van der Waals surface area contributed by atoms with E-state index in [0.717, 1.165) is 55.1 Å². The molecule has 2 aliphatic heterocycles. The highest BCUT2D eigenvalue weighted by Gasteiger charge is 2.22. The van der Waals surface area contributed by atoms with Crippen LogP contribution >= 0.6 is 15.9 Å². The van der Waals surface area contributed by atoms with Crippen molar-refractivity contribution < 1.29 is 14.2 Å². The highest BCUT2D eigenvalue weighted by atomic mass is 79.9. The predicted molar refractivity (Wildman–Crippen MR) is 89.4 cm³/mol. The Morgan fingerprint density at radius 2 is 1.91 bits per heavy atom. The molecule has 1 saturated heterocycles. The van der Waals surface area contributed by atoms with Gasteiger partial charge in [-0.1, -0.05) is 29.8 Å². The Morgan fingerprint density at radius 1 is 1.23 bits per heavy atom. The van der Waals surface area contributed by atoms with Crippen LogP contribution < -0.4 is 9.47 Å². The number of hydrogen-bond donors (Lipinski definition) is 0. The van der Waals surface area contributed by atoms with Crippen LogP contribution in [0.15, 0.2) is 16.6 Å². The minimum atomic E-state index is 0.323. The first-order valence-corrected chi connectivity index (χ1v) is 8.83. The van der Waals surface area contributed by atoms with Gasteiger partial charge in [-0.15, -0.1) is 0 Å². The number of nitrogens with zero attached hydrogens (tertiary/aromatic N) is 1. The second-order valence-corrected chi connectivity index (χ2v) is 7.35. The van der Waals surface area contributed by atoms with Crippen molar-refractivity contribution in [1.29, 1.82) is 0 Å². The quantitative estimate of drug-likeness (QED) is 0.789. The molecule has 122 valence electrons. The van der Waals surface area contributed by atoms with E-state index >= 15 is 0 Å². The molecule has 2 aliphatic rings. The number of halogens is 1. The van der Waals surface area contributed by atoms with Gasteiger partial charge in [0.2, 0.25) is 6.79 Å². The zero-order valence-electron chi connectivity index (χ0n) is 13.3. The molecule has 0 radical (unpaired) electrons. The fourth-order valence-corrected chi connectivity index (χ4v) is 3.33. The normalized spacial score (nSPS) is 19.1. The Balaban J connectivity index is 1.53. The van der Waals surface area contributed by atoms with Crippen LogP contribution in [-0.2, 0) is 11.3 Å². The molecule has 3 rings (SSSR count). The number of hydrogen-bond acceptors (Lipinski definition) is 4. The van der Waals surface area contributed by atoms with E-state index in [1.807, 2.05) is 6.07 Å². The van der Waals surface area contributed by atoms with Crippen LogP contribution in [0.2, 0.25) is 0 Å². The van der Waals surface area contributed by atoms with Gasteiger partial charge in [-0.25, -0.2) is 0 Å². The number of fused-ring (bicyclic) bond motifs is 1. The molecular weight excluding hydrogens is 346 g/mol. The average molecular weight is 370 g/mol. The first kappa shape index (κ1) is 16.1. The molecule has 0 aliphatic carbocycles. The standard InChI is InChI=1S/C17H24BrNO3/c1-12(2)10-20-14-3-5-19(6-4-14)9-13-7-16-17(8-15(13)18)22-11-21-16/h7-8,12,14H,3-6,9-11H2,1-2H3.